The van der Waals surface area contributed by atoms with Crippen molar-refractivity contribution in [1.29, 1.82) is 0 Å². The van der Waals surface area contributed by atoms with Gasteiger partial charge in [0.2, 0.25) is 0 Å². The van der Waals surface area contributed by atoms with E-state index in [9.17, 15) is 13.5 Å². The third kappa shape index (κ3) is 3.38. The van der Waals surface area contributed by atoms with E-state index in [1.807, 2.05) is 12.1 Å². The lowest BCUT2D eigenvalue weighted by Gasteiger charge is -2.04. The minimum Gasteiger partial charge on any atom is -0.506 e. The Kier molecular flexibility index (Phi) is 4.23. The molecule has 8 heteroatoms. The first-order valence-electron chi connectivity index (χ1n) is 6.75. The molecule has 3 aromatic carbocycles. The molecule has 0 saturated heterocycles. The summed E-state index contributed by atoms with van der Waals surface area (Å²) in [7, 11) is -4.41. The maximum atomic E-state index is 11.2. The zero-order chi connectivity index (χ0) is 17.3. The summed E-state index contributed by atoms with van der Waals surface area (Å²) in [6.45, 7) is 0. The van der Waals surface area contributed by atoms with Crippen molar-refractivity contribution in [1.82, 2.24) is 0 Å². The van der Waals surface area contributed by atoms with Gasteiger partial charge in [0.15, 0.2) is 0 Å². The van der Waals surface area contributed by atoms with Gasteiger partial charge in [-0.05, 0) is 29.7 Å². The van der Waals surface area contributed by atoms with Gasteiger partial charge < -0.3 is 5.11 Å². The predicted octanol–water partition coefficient (Wildman–Crippen LogP) is 4.86. The van der Waals surface area contributed by atoms with E-state index >= 15 is 0 Å². The molecule has 24 heavy (non-hydrogen) atoms. The van der Waals surface area contributed by atoms with Crippen LogP contribution in [0.2, 0.25) is 5.02 Å². The quantitative estimate of drug-likeness (QED) is 0.513. The average Bonchev–Trinajstić information content (AvgIpc) is 2.52. The Balaban J connectivity index is 2.10. The molecule has 0 unspecified atom stereocenters. The van der Waals surface area contributed by atoms with Crippen LogP contribution in [0.1, 0.15) is 0 Å². The molecule has 0 aliphatic heterocycles. The van der Waals surface area contributed by atoms with E-state index < -0.39 is 10.1 Å². The van der Waals surface area contributed by atoms with Crippen molar-refractivity contribution in [3.05, 3.63) is 59.6 Å². The second-order valence-corrected chi connectivity index (χ2v) is 6.83. The largest absolute Gasteiger partial charge is 0.506 e. The van der Waals surface area contributed by atoms with Gasteiger partial charge in [0.25, 0.3) is 10.1 Å². The van der Waals surface area contributed by atoms with Gasteiger partial charge in [-0.25, -0.2) is 0 Å². The molecule has 0 amide bonds. The van der Waals surface area contributed by atoms with Gasteiger partial charge in [0, 0.05) is 10.4 Å². The van der Waals surface area contributed by atoms with E-state index in [-0.39, 0.29) is 27.0 Å². The summed E-state index contributed by atoms with van der Waals surface area (Å²) in [5, 5.41) is 19.6. The molecule has 0 aromatic heterocycles. The molecule has 0 bridgehead atoms. The molecule has 0 atom stereocenters. The highest BCUT2D eigenvalue weighted by Gasteiger charge is 2.12. The number of phenolic OH excluding ortho intramolecular Hbond substituents is 1. The SMILES string of the molecule is O=S(=O)(O)c1cc(Cl)cc(N=Nc2c(O)ccc3ccccc23)c1. The van der Waals surface area contributed by atoms with E-state index in [0.717, 1.165) is 17.5 Å². The number of halogens is 1. The lowest BCUT2D eigenvalue weighted by atomic mass is 10.1. The highest BCUT2D eigenvalue weighted by molar-refractivity contribution is 7.85. The molecule has 0 fully saturated rings. The first-order valence-corrected chi connectivity index (χ1v) is 8.57. The average molecular weight is 363 g/mol. The number of azo groups is 1. The Hall–Kier alpha value is -2.48. The van der Waals surface area contributed by atoms with Crippen molar-refractivity contribution in [2.45, 2.75) is 4.90 Å². The normalized spacial score (nSPS) is 12.1. The number of hydrogen-bond acceptors (Lipinski definition) is 5. The molecule has 6 nitrogen and oxygen atoms in total. The first-order chi connectivity index (χ1) is 11.3. The molecule has 0 saturated carbocycles. The maximum absolute atomic E-state index is 11.2. The molecule has 3 aromatic rings. The van der Waals surface area contributed by atoms with Crippen LogP contribution in [0.4, 0.5) is 11.4 Å². The van der Waals surface area contributed by atoms with Gasteiger partial charge in [0.1, 0.15) is 11.4 Å². The summed E-state index contributed by atoms with van der Waals surface area (Å²) in [4.78, 5) is -0.383. The fourth-order valence-electron chi connectivity index (χ4n) is 2.21. The minimum absolute atomic E-state index is 0.0607. The summed E-state index contributed by atoms with van der Waals surface area (Å²) in [6, 6.07) is 14.2. The van der Waals surface area contributed by atoms with E-state index in [0.29, 0.717) is 5.39 Å². The molecule has 122 valence electrons. The Bertz CT molecular complexity index is 1060. The van der Waals surface area contributed by atoms with Gasteiger partial charge in [-0.1, -0.05) is 41.9 Å². The Labute approximate surface area is 142 Å². The van der Waals surface area contributed by atoms with E-state index in [4.69, 9.17) is 16.2 Å². The van der Waals surface area contributed by atoms with Crippen molar-refractivity contribution in [2.24, 2.45) is 10.2 Å². The van der Waals surface area contributed by atoms with Crippen LogP contribution in [-0.4, -0.2) is 18.1 Å². The minimum atomic E-state index is -4.41. The summed E-state index contributed by atoms with van der Waals surface area (Å²) >= 11 is 5.84. The number of hydrogen-bond donors (Lipinski definition) is 2. The van der Waals surface area contributed by atoms with Crippen LogP contribution in [0, 0.1) is 0 Å². The highest BCUT2D eigenvalue weighted by atomic mass is 35.5. The molecular formula is C16H11ClN2O4S. The van der Waals surface area contributed by atoms with Crippen LogP contribution in [0.15, 0.2) is 69.7 Å². The number of nitrogens with zero attached hydrogens (tertiary/aromatic N) is 2. The molecule has 0 aliphatic carbocycles. The second kappa shape index (κ2) is 6.20. The van der Waals surface area contributed by atoms with E-state index in [1.54, 1.807) is 18.2 Å². The maximum Gasteiger partial charge on any atom is 0.294 e. The number of aromatic hydroxyl groups is 1. The fraction of sp³-hybridized carbons (Fsp3) is 0. The van der Waals surface area contributed by atoms with Crippen LogP contribution in [0.25, 0.3) is 10.8 Å². The summed E-state index contributed by atoms with van der Waals surface area (Å²) in [5.74, 6) is -0.0607. The van der Waals surface area contributed by atoms with Gasteiger partial charge in [0.05, 0.1) is 10.6 Å². The van der Waals surface area contributed by atoms with Crippen molar-refractivity contribution in [3.63, 3.8) is 0 Å². The molecule has 0 spiro atoms. The van der Waals surface area contributed by atoms with Crippen molar-refractivity contribution in [2.75, 3.05) is 0 Å². The second-order valence-electron chi connectivity index (χ2n) is 4.97. The molecule has 0 radical (unpaired) electrons. The highest BCUT2D eigenvalue weighted by Crippen LogP contribution is 2.36. The third-order valence-electron chi connectivity index (χ3n) is 3.30. The van der Waals surface area contributed by atoms with Crippen molar-refractivity contribution in [3.8, 4) is 5.75 Å². The lowest BCUT2D eigenvalue weighted by Crippen LogP contribution is -1.97. The molecule has 2 N–H and O–H groups in total. The zero-order valence-electron chi connectivity index (χ0n) is 12.1. The van der Waals surface area contributed by atoms with Crippen LogP contribution in [-0.2, 0) is 10.1 Å². The number of fused-ring (bicyclic) bond motifs is 1. The molecule has 0 heterocycles. The smallest absolute Gasteiger partial charge is 0.294 e. The topological polar surface area (TPSA) is 99.3 Å². The Morgan fingerprint density at radius 3 is 2.46 bits per heavy atom. The predicted molar refractivity (Wildman–Crippen MR) is 91.1 cm³/mol. The first kappa shape index (κ1) is 16.4. The van der Waals surface area contributed by atoms with Crippen LogP contribution < -0.4 is 0 Å². The van der Waals surface area contributed by atoms with Crippen molar-refractivity contribution < 1.29 is 18.1 Å². The third-order valence-corrected chi connectivity index (χ3v) is 4.35. The van der Waals surface area contributed by atoms with E-state index in [2.05, 4.69) is 10.2 Å². The van der Waals surface area contributed by atoms with Gasteiger partial charge in [-0.3, -0.25) is 4.55 Å². The van der Waals surface area contributed by atoms with Gasteiger partial charge >= 0.3 is 0 Å². The monoisotopic (exact) mass is 362 g/mol. The van der Waals surface area contributed by atoms with Gasteiger partial charge in [-0.15, -0.1) is 5.11 Å². The summed E-state index contributed by atoms with van der Waals surface area (Å²) in [5.41, 5.74) is 0.379. The van der Waals surface area contributed by atoms with Gasteiger partial charge in [-0.2, -0.15) is 13.5 Å². The van der Waals surface area contributed by atoms with E-state index in [1.165, 1.54) is 12.1 Å². The number of benzene rings is 3. The van der Waals surface area contributed by atoms with Crippen LogP contribution in [0.5, 0.6) is 5.75 Å². The lowest BCUT2D eigenvalue weighted by molar-refractivity contribution is 0.477. The molecular weight excluding hydrogens is 352 g/mol. The Morgan fingerprint density at radius 1 is 0.958 bits per heavy atom. The summed E-state index contributed by atoms with van der Waals surface area (Å²) < 4.78 is 31.6. The molecule has 3 rings (SSSR count). The number of rotatable bonds is 3. The number of phenols is 1. The standard InChI is InChI=1S/C16H11ClN2O4S/c17-11-7-12(9-13(8-11)24(21,22)23)18-19-16-14-4-2-1-3-10(14)5-6-15(16)20/h1-9,20H,(H,21,22,23). The zero-order valence-corrected chi connectivity index (χ0v) is 13.7. The van der Waals surface area contributed by atoms with Crippen LogP contribution in [0.3, 0.4) is 0 Å². The van der Waals surface area contributed by atoms with Crippen molar-refractivity contribution >= 4 is 43.9 Å². The molecule has 0 aliphatic rings. The fourth-order valence-corrected chi connectivity index (χ4v) is 3.05. The van der Waals surface area contributed by atoms with Crippen LogP contribution >= 0.6 is 11.6 Å². The summed E-state index contributed by atoms with van der Waals surface area (Å²) in [6.07, 6.45) is 0. The Morgan fingerprint density at radius 2 is 1.71 bits per heavy atom.